The Labute approximate surface area is 171 Å². The second-order valence-electron chi connectivity index (χ2n) is 6.64. The van der Waals surface area contributed by atoms with Gasteiger partial charge in [-0.25, -0.2) is 4.39 Å². The molecule has 4 rings (SSSR count). The maximum Gasteiger partial charge on any atom is 0.203 e. The number of thiophene rings is 1. The summed E-state index contributed by atoms with van der Waals surface area (Å²) in [6, 6.07) is 16.6. The van der Waals surface area contributed by atoms with Crippen LogP contribution in [0.1, 0.15) is 20.8 Å². The Hall–Kier alpha value is -3.44. The number of phenols is 1. The SMILES string of the molecule is C=COc1ccc(-c2c(C(=O)c3cc(C)cc(F)c3)sc3cc(O)ccc23)cc1. The lowest BCUT2D eigenvalue weighted by atomic mass is 9.97. The van der Waals surface area contributed by atoms with Crippen LogP contribution in [-0.2, 0) is 0 Å². The van der Waals surface area contributed by atoms with Crippen molar-refractivity contribution in [3.05, 3.63) is 95.3 Å². The lowest BCUT2D eigenvalue weighted by Crippen LogP contribution is -2.02. The van der Waals surface area contributed by atoms with E-state index >= 15 is 0 Å². The van der Waals surface area contributed by atoms with Crippen molar-refractivity contribution in [1.29, 1.82) is 0 Å². The number of hydrogen-bond donors (Lipinski definition) is 1. The van der Waals surface area contributed by atoms with Crippen LogP contribution >= 0.6 is 11.3 Å². The number of halogens is 1. The lowest BCUT2D eigenvalue weighted by Gasteiger charge is -2.07. The second kappa shape index (κ2) is 7.53. The fraction of sp³-hybridized carbons (Fsp3) is 0.0417. The van der Waals surface area contributed by atoms with E-state index in [0.29, 0.717) is 21.8 Å². The monoisotopic (exact) mass is 404 g/mol. The third-order valence-corrected chi connectivity index (χ3v) is 5.70. The van der Waals surface area contributed by atoms with Crippen LogP contribution in [0.5, 0.6) is 11.5 Å². The molecule has 3 aromatic carbocycles. The van der Waals surface area contributed by atoms with Crippen molar-refractivity contribution in [3.63, 3.8) is 0 Å². The molecule has 1 heterocycles. The minimum Gasteiger partial charge on any atom is -0.508 e. The van der Waals surface area contributed by atoms with Gasteiger partial charge in [0, 0.05) is 21.2 Å². The molecule has 144 valence electrons. The smallest absolute Gasteiger partial charge is 0.203 e. The molecule has 3 nitrogen and oxygen atoms in total. The first-order chi connectivity index (χ1) is 14.0. The fourth-order valence-electron chi connectivity index (χ4n) is 3.33. The zero-order valence-corrected chi connectivity index (χ0v) is 16.4. The number of benzene rings is 3. The number of rotatable bonds is 5. The van der Waals surface area contributed by atoms with Crippen LogP contribution in [0.25, 0.3) is 21.2 Å². The van der Waals surface area contributed by atoms with Crippen molar-refractivity contribution in [1.82, 2.24) is 0 Å². The molecule has 0 fully saturated rings. The average molecular weight is 404 g/mol. The molecular weight excluding hydrogens is 387 g/mol. The number of carbonyl (C=O) groups is 1. The van der Waals surface area contributed by atoms with Crippen molar-refractivity contribution in [2.24, 2.45) is 0 Å². The summed E-state index contributed by atoms with van der Waals surface area (Å²) < 4.78 is 20.0. The Bertz CT molecular complexity index is 1220. The van der Waals surface area contributed by atoms with Gasteiger partial charge in [-0.2, -0.15) is 0 Å². The molecule has 0 aliphatic rings. The third kappa shape index (κ3) is 3.65. The summed E-state index contributed by atoms with van der Waals surface area (Å²) in [7, 11) is 0. The second-order valence-corrected chi connectivity index (χ2v) is 7.69. The van der Waals surface area contributed by atoms with Crippen molar-refractivity contribution >= 4 is 27.2 Å². The molecule has 0 aliphatic carbocycles. The zero-order valence-electron chi connectivity index (χ0n) is 15.6. The topological polar surface area (TPSA) is 46.5 Å². The van der Waals surface area contributed by atoms with E-state index in [-0.39, 0.29) is 11.5 Å². The summed E-state index contributed by atoms with van der Waals surface area (Å²) in [5.41, 5.74) is 2.56. The predicted molar refractivity (Wildman–Crippen MR) is 114 cm³/mol. The average Bonchev–Trinajstić information content (AvgIpc) is 3.06. The van der Waals surface area contributed by atoms with Crippen LogP contribution in [0.4, 0.5) is 4.39 Å². The van der Waals surface area contributed by atoms with E-state index in [4.69, 9.17) is 4.74 Å². The first kappa shape index (κ1) is 18.9. The molecule has 0 unspecified atom stereocenters. The van der Waals surface area contributed by atoms with Gasteiger partial charge in [0.2, 0.25) is 5.78 Å². The molecule has 1 N–H and O–H groups in total. The molecule has 0 saturated heterocycles. The molecule has 0 spiro atoms. The Kier molecular flexibility index (Phi) is 4.91. The van der Waals surface area contributed by atoms with Gasteiger partial charge in [0.05, 0.1) is 11.1 Å². The standard InChI is InChI=1S/C24H17FO3S/c1-3-28-19-7-4-15(5-8-19)22-20-9-6-18(26)13-21(20)29-24(22)23(27)16-10-14(2)11-17(25)12-16/h3-13,26H,1H2,2H3. The molecular formula is C24H17FO3S. The van der Waals surface area contributed by atoms with Crippen LogP contribution in [0.3, 0.4) is 0 Å². The van der Waals surface area contributed by atoms with Crippen LogP contribution in [0, 0.1) is 12.7 Å². The molecule has 0 aliphatic heterocycles. The van der Waals surface area contributed by atoms with Gasteiger partial charge in [0.1, 0.15) is 17.3 Å². The van der Waals surface area contributed by atoms with E-state index in [1.165, 1.54) is 29.7 Å². The largest absolute Gasteiger partial charge is 0.508 e. The van der Waals surface area contributed by atoms with Crippen molar-refractivity contribution in [2.75, 3.05) is 0 Å². The van der Waals surface area contributed by atoms with Gasteiger partial charge in [-0.3, -0.25) is 4.79 Å². The summed E-state index contributed by atoms with van der Waals surface area (Å²) >= 11 is 1.28. The first-order valence-corrected chi connectivity index (χ1v) is 9.73. The summed E-state index contributed by atoms with van der Waals surface area (Å²) in [6.45, 7) is 5.30. The molecule has 1 aromatic heterocycles. The van der Waals surface area contributed by atoms with E-state index in [9.17, 15) is 14.3 Å². The quantitative estimate of drug-likeness (QED) is 0.306. The molecule has 0 bridgehead atoms. The summed E-state index contributed by atoms with van der Waals surface area (Å²) in [5, 5.41) is 10.7. The van der Waals surface area contributed by atoms with E-state index in [2.05, 4.69) is 6.58 Å². The summed E-state index contributed by atoms with van der Waals surface area (Å²) in [6.07, 6.45) is 1.35. The van der Waals surface area contributed by atoms with Gasteiger partial charge in [-0.05, 0) is 66.6 Å². The van der Waals surface area contributed by atoms with E-state index in [1.54, 1.807) is 43.3 Å². The first-order valence-electron chi connectivity index (χ1n) is 8.91. The summed E-state index contributed by atoms with van der Waals surface area (Å²) in [4.78, 5) is 13.8. The van der Waals surface area contributed by atoms with Gasteiger partial charge < -0.3 is 9.84 Å². The molecule has 0 atom stereocenters. The molecule has 5 heteroatoms. The molecule has 0 saturated carbocycles. The van der Waals surface area contributed by atoms with Gasteiger partial charge in [0.15, 0.2) is 0 Å². The number of hydrogen-bond acceptors (Lipinski definition) is 4. The number of aromatic hydroxyl groups is 1. The minimum absolute atomic E-state index is 0.126. The third-order valence-electron chi connectivity index (χ3n) is 4.55. The highest BCUT2D eigenvalue weighted by atomic mass is 32.1. The van der Waals surface area contributed by atoms with E-state index in [1.807, 2.05) is 12.1 Å². The highest BCUT2D eigenvalue weighted by molar-refractivity contribution is 7.21. The Balaban J connectivity index is 1.92. The highest BCUT2D eigenvalue weighted by Crippen LogP contribution is 2.41. The predicted octanol–water partition coefficient (Wildman–Crippen LogP) is 6.47. The van der Waals surface area contributed by atoms with Crippen LogP contribution in [0.15, 0.2) is 73.5 Å². The van der Waals surface area contributed by atoms with E-state index in [0.717, 1.165) is 21.2 Å². The molecule has 0 radical (unpaired) electrons. The minimum atomic E-state index is -0.445. The number of carbonyl (C=O) groups excluding carboxylic acids is 1. The fourth-order valence-corrected chi connectivity index (χ4v) is 4.55. The number of ether oxygens (including phenoxy) is 1. The van der Waals surface area contributed by atoms with Gasteiger partial charge in [0.25, 0.3) is 0 Å². The maximum atomic E-state index is 13.9. The Morgan fingerprint density at radius 3 is 2.55 bits per heavy atom. The van der Waals surface area contributed by atoms with Crippen LogP contribution in [-0.4, -0.2) is 10.9 Å². The van der Waals surface area contributed by atoms with Gasteiger partial charge >= 0.3 is 0 Å². The Morgan fingerprint density at radius 2 is 1.86 bits per heavy atom. The van der Waals surface area contributed by atoms with Crippen LogP contribution < -0.4 is 4.74 Å². The number of fused-ring (bicyclic) bond motifs is 1. The number of phenolic OH excluding ortho intramolecular Hbond substituents is 1. The van der Waals surface area contributed by atoms with Crippen molar-refractivity contribution in [2.45, 2.75) is 6.92 Å². The van der Waals surface area contributed by atoms with E-state index < -0.39 is 5.82 Å². The molecule has 0 amide bonds. The van der Waals surface area contributed by atoms with Gasteiger partial charge in [-0.1, -0.05) is 18.7 Å². The number of ketones is 1. The van der Waals surface area contributed by atoms with Crippen molar-refractivity contribution < 1.29 is 19.0 Å². The lowest BCUT2D eigenvalue weighted by molar-refractivity contribution is 0.104. The molecule has 4 aromatic rings. The maximum absolute atomic E-state index is 13.9. The zero-order chi connectivity index (χ0) is 20.5. The molecule has 29 heavy (non-hydrogen) atoms. The van der Waals surface area contributed by atoms with Crippen molar-refractivity contribution in [3.8, 4) is 22.6 Å². The normalized spacial score (nSPS) is 10.8. The highest BCUT2D eigenvalue weighted by Gasteiger charge is 2.22. The van der Waals surface area contributed by atoms with Crippen LogP contribution in [0.2, 0.25) is 0 Å². The van der Waals surface area contributed by atoms with Gasteiger partial charge in [-0.15, -0.1) is 11.3 Å². The Morgan fingerprint density at radius 1 is 1.10 bits per heavy atom. The summed E-state index contributed by atoms with van der Waals surface area (Å²) in [5.74, 6) is 0.0597. The number of aryl methyl sites for hydroxylation is 1.